The zero-order chi connectivity index (χ0) is 29.1. The van der Waals surface area contributed by atoms with Gasteiger partial charge in [-0.25, -0.2) is 8.42 Å². The van der Waals surface area contributed by atoms with Gasteiger partial charge in [0.2, 0.25) is 11.8 Å². The quantitative estimate of drug-likeness (QED) is 0.280. The third-order valence-corrected chi connectivity index (χ3v) is 8.30. The molecule has 8 nitrogen and oxygen atoms in total. The Morgan fingerprint density at radius 3 is 2.17 bits per heavy atom. The molecule has 0 saturated carbocycles. The number of hydrogen-bond donors (Lipinski definition) is 1. The molecule has 1 atom stereocenters. The number of aryl methyl sites for hydroxylation is 1. The minimum atomic E-state index is -4.11. The summed E-state index contributed by atoms with van der Waals surface area (Å²) in [7, 11) is -4.11. The maximum atomic E-state index is 13.9. The Bertz CT molecular complexity index is 1340. The minimum absolute atomic E-state index is 0.0622. The number of sulfonamides is 1. The van der Waals surface area contributed by atoms with Crippen LogP contribution >= 0.6 is 0 Å². The molecule has 9 heteroatoms. The van der Waals surface area contributed by atoms with Crippen molar-refractivity contribution in [3.8, 4) is 5.75 Å². The van der Waals surface area contributed by atoms with Crippen LogP contribution in [0, 0.1) is 6.92 Å². The summed E-state index contributed by atoms with van der Waals surface area (Å²) < 4.78 is 34.2. The van der Waals surface area contributed by atoms with Crippen molar-refractivity contribution >= 4 is 27.5 Å². The number of unbranched alkanes of at least 4 members (excludes halogenated alkanes) is 1. The highest BCUT2D eigenvalue weighted by Crippen LogP contribution is 2.26. The van der Waals surface area contributed by atoms with Crippen molar-refractivity contribution in [3.63, 3.8) is 0 Å². The molecular formula is C31H39N3O5S. The first-order valence-corrected chi connectivity index (χ1v) is 15.0. The molecule has 0 aliphatic heterocycles. The van der Waals surface area contributed by atoms with E-state index in [2.05, 4.69) is 5.32 Å². The van der Waals surface area contributed by atoms with E-state index in [1.807, 2.05) is 45.0 Å². The van der Waals surface area contributed by atoms with E-state index in [1.54, 1.807) is 49.4 Å². The van der Waals surface area contributed by atoms with Gasteiger partial charge in [-0.1, -0.05) is 61.4 Å². The molecule has 214 valence electrons. The second-order valence-electron chi connectivity index (χ2n) is 9.58. The van der Waals surface area contributed by atoms with Crippen molar-refractivity contribution < 1.29 is 22.7 Å². The predicted octanol–water partition coefficient (Wildman–Crippen LogP) is 4.92. The lowest BCUT2D eigenvalue weighted by Crippen LogP contribution is -2.51. The molecule has 0 bridgehead atoms. The van der Waals surface area contributed by atoms with Crippen molar-refractivity contribution in [1.29, 1.82) is 0 Å². The number of amides is 2. The van der Waals surface area contributed by atoms with Gasteiger partial charge in [-0.2, -0.15) is 0 Å². The van der Waals surface area contributed by atoms with E-state index in [0.29, 0.717) is 24.6 Å². The summed E-state index contributed by atoms with van der Waals surface area (Å²) in [5.74, 6) is -0.187. The van der Waals surface area contributed by atoms with Crippen LogP contribution < -0.4 is 14.4 Å². The lowest BCUT2D eigenvalue weighted by Gasteiger charge is -2.32. The minimum Gasteiger partial charge on any atom is -0.494 e. The Morgan fingerprint density at radius 1 is 0.925 bits per heavy atom. The molecule has 0 fully saturated rings. The highest BCUT2D eigenvalue weighted by Gasteiger charge is 2.32. The molecule has 0 radical (unpaired) electrons. The smallest absolute Gasteiger partial charge is 0.264 e. The SMILES string of the molecule is CCCCNC(=O)[C@@H](C)N(Cc1ccc(C)cc1)C(=O)CN(c1ccc(OCC)cc1)S(=O)(=O)c1ccccc1. The summed E-state index contributed by atoms with van der Waals surface area (Å²) in [5, 5.41) is 2.89. The number of carbonyl (C=O) groups is 2. The topological polar surface area (TPSA) is 96.0 Å². The molecule has 0 saturated heterocycles. The first-order valence-electron chi connectivity index (χ1n) is 13.6. The predicted molar refractivity (Wildman–Crippen MR) is 158 cm³/mol. The van der Waals surface area contributed by atoms with Gasteiger partial charge in [0, 0.05) is 13.1 Å². The number of ether oxygens (including phenoxy) is 1. The van der Waals surface area contributed by atoms with Crippen LogP contribution in [-0.4, -0.2) is 50.9 Å². The highest BCUT2D eigenvalue weighted by atomic mass is 32.2. The molecule has 0 spiro atoms. The van der Waals surface area contributed by atoms with Crippen molar-refractivity contribution in [1.82, 2.24) is 10.2 Å². The maximum absolute atomic E-state index is 13.9. The fourth-order valence-corrected chi connectivity index (χ4v) is 5.57. The van der Waals surface area contributed by atoms with E-state index in [4.69, 9.17) is 4.74 Å². The Morgan fingerprint density at radius 2 is 1.57 bits per heavy atom. The van der Waals surface area contributed by atoms with Crippen LogP contribution in [0.4, 0.5) is 5.69 Å². The van der Waals surface area contributed by atoms with E-state index in [-0.39, 0.29) is 17.3 Å². The molecule has 1 N–H and O–H groups in total. The van der Waals surface area contributed by atoms with Gasteiger partial charge in [0.15, 0.2) is 0 Å². The molecule has 0 unspecified atom stereocenters. The Balaban J connectivity index is 1.98. The van der Waals surface area contributed by atoms with Crippen molar-refractivity contribution in [2.24, 2.45) is 0 Å². The summed E-state index contributed by atoms with van der Waals surface area (Å²) in [6.07, 6.45) is 1.75. The number of nitrogens with one attached hydrogen (secondary N) is 1. The Kier molecular flexibility index (Phi) is 11.1. The summed E-state index contributed by atoms with van der Waals surface area (Å²) in [6, 6.07) is 21.4. The van der Waals surface area contributed by atoms with Gasteiger partial charge in [-0.3, -0.25) is 13.9 Å². The summed E-state index contributed by atoms with van der Waals surface area (Å²) in [6.45, 7) is 8.18. The van der Waals surface area contributed by atoms with Crippen LogP contribution in [0.1, 0.15) is 44.7 Å². The Labute approximate surface area is 238 Å². The van der Waals surface area contributed by atoms with Crippen molar-refractivity contribution in [2.45, 2.75) is 58.0 Å². The fourth-order valence-electron chi connectivity index (χ4n) is 4.13. The second-order valence-corrected chi connectivity index (χ2v) is 11.4. The summed E-state index contributed by atoms with van der Waals surface area (Å²) in [4.78, 5) is 28.5. The fraction of sp³-hybridized carbons (Fsp3) is 0.355. The first kappa shape index (κ1) is 30.7. The van der Waals surface area contributed by atoms with Gasteiger partial charge in [0.25, 0.3) is 10.0 Å². The summed E-state index contributed by atoms with van der Waals surface area (Å²) in [5.41, 5.74) is 2.23. The van der Waals surface area contributed by atoms with Crippen molar-refractivity contribution in [3.05, 3.63) is 90.0 Å². The molecule has 0 aliphatic carbocycles. The third kappa shape index (κ3) is 8.08. The van der Waals surface area contributed by atoms with E-state index in [1.165, 1.54) is 17.0 Å². The summed E-state index contributed by atoms with van der Waals surface area (Å²) >= 11 is 0. The average Bonchev–Trinajstić information content (AvgIpc) is 2.96. The van der Waals surface area contributed by atoms with E-state index >= 15 is 0 Å². The van der Waals surface area contributed by atoms with Gasteiger partial charge in [0.05, 0.1) is 17.2 Å². The lowest BCUT2D eigenvalue weighted by molar-refractivity contribution is -0.139. The normalized spacial score (nSPS) is 11.9. The molecule has 3 rings (SSSR count). The van der Waals surface area contributed by atoms with Gasteiger partial charge in [-0.05, 0) is 69.2 Å². The van der Waals surface area contributed by atoms with Crippen LogP contribution in [0.25, 0.3) is 0 Å². The van der Waals surface area contributed by atoms with Crippen molar-refractivity contribution in [2.75, 3.05) is 24.0 Å². The Hall–Kier alpha value is -3.85. The molecule has 0 aliphatic rings. The zero-order valence-electron chi connectivity index (χ0n) is 23.7. The second kappa shape index (κ2) is 14.5. The van der Waals surface area contributed by atoms with Gasteiger partial charge >= 0.3 is 0 Å². The van der Waals surface area contributed by atoms with Crippen LogP contribution in [0.15, 0.2) is 83.8 Å². The van der Waals surface area contributed by atoms with Crippen LogP contribution in [-0.2, 0) is 26.2 Å². The zero-order valence-corrected chi connectivity index (χ0v) is 24.5. The van der Waals surface area contributed by atoms with E-state index < -0.39 is 28.5 Å². The molecule has 3 aromatic rings. The lowest BCUT2D eigenvalue weighted by atomic mass is 10.1. The molecule has 0 aromatic heterocycles. The number of carbonyl (C=O) groups excluding carboxylic acids is 2. The molecular weight excluding hydrogens is 526 g/mol. The van der Waals surface area contributed by atoms with Crippen LogP contribution in [0.3, 0.4) is 0 Å². The van der Waals surface area contributed by atoms with Gasteiger partial charge in [0.1, 0.15) is 18.3 Å². The van der Waals surface area contributed by atoms with Crippen LogP contribution in [0.5, 0.6) is 5.75 Å². The van der Waals surface area contributed by atoms with Gasteiger partial charge < -0.3 is 15.0 Å². The first-order chi connectivity index (χ1) is 19.2. The van der Waals surface area contributed by atoms with Gasteiger partial charge in [-0.15, -0.1) is 0 Å². The van der Waals surface area contributed by atoms with E-state index in [0.717, 1.165) is 28.3 Å². The number of benzene rings is 3. The van der Waals surface area contributed by atoms with Crippen LogP contribution in [0.2, 0.25) is 0 Å². The molecule has 40 heavy (non-hydrogen) atoms. The number of nitrogens with zero attached hydrogens (tertiary/aromatic N) is 2. The molecule has 3 aromatic carbocycles. The monoisotopic (exact) mass is 565 g/mol. The largest absolute Gasteiger partial charge is 0.494 e. The number of hydrogen-bond acceptors (Lipinski definition) is 5. The maximum Gasteiger partial charge on any atom is 0.264 e. The average molecular weight is 566 g/mol. The standard InChI is InChI=1S/C31H39N3O5S/c1-5-7-21-32-31(36)25(4)33(22-26-15-13-24(3)14-16-26)30(35)23-34(27-17-19-28(20-18-27)39-6-2)40(37,38)29-11-9-8-10-12-29/h8-20,25H,5-7,21-23H2,1-4H3,(H,32,36)/t25-/m1/s1. The number of rotatable bonds is 14. The third-order valence-electron chi connectivity index (χ3n) is 6.52. The number of anilines is 1. The molecule has 0 heterocycles. The van der Waals surface area contributed by atoms with E-state index in [9.17, 15) is 18.0 Å². The molecule has 2 amide bonds. The highest BCUT2D eigenvalue weighted by molar-refractivity contribution is 7.92.